The predicted octanol–water partition coefficient (Wildman–Crippen LogP) is 2.91. The van der Waals surface area contributed by atoms with E-state index in [0.717, 1.165) is 12.1 Å². The van der Waals surface area contributed by atoms with Crippen molar-refractivity contribution in [2.75, 3.05) is 5.73 Å². The number of hydrogen-bond acceptors (Lipinski definition) is 4. The number of hydrogen-bond donors (Lipinski definition) is 1. The standard InChI is InChI=1S/C14H11F3N4O/c15-14(16,17)9-1-4-11(5-2-9)22-8-12-19-13-6-3-10(18)7-21(13)20-12/h1-7H,8,18H2. The summed E-state index contributed by atoms with van der Waals surface area (Å²) in [6.07, 6.45) is -2.74. The van der Waals surface area contributed by atoms with Crippen molar-refractivity contribution in [3.63, 3.8) is 0 Å². The first-order chi connectivity index (χ1) is 10.4. The van der Waals surface area contributed by atoms with Crippen LogP contribution in [0.4, 0.5) is 18.9 Å². The molecular weight excluding hydrogens is 297 g/mol. The summed E-state index contributed by atoms with van der Waals surface area (Å²) in [5, 5.41) is 4.17. The molecule has 0 atom stereocenters. The number of nitrogen functional groups attached to an aromatic ring is 1. The van der Waals surface area contributed by atoms with Crippen molar-refractivity contribution in [2.24, 2.45) is 0 Å². The van der Waals surface area contributed by atoms with Gasteiger partial charge in [0.1, 0.15) is 12.4 Å². The average Bonchev–Trinajstić information content (AvgIpc) is 2.86. The molecule has 0 fully saturated rings. The van der Waals surface area contributed by atoms with Gasteiger partial charge in [-0.1, -0.05) is 0 Å². The monoisotopic (exact) mass is 308 g/mol. The molecule has 0 unspecified atom stereocenters. The van der Waals surface area contributed by atoms with Crippen molar-refractivity contribution in [1.82, 2.24) is 14.6 Å². The van der Waals surface area contributed by atoms with E-state index in [1.54, 1.807) is 18.3 Å². The van der Waals surface area contributed by atoms with Crippen LogP contribution in [0.2, 0.25) is 0 Å². The molecule has 0 aliphatic heterocycles. The number of pyridine rings is 1. The molecule has 2 aromatic heterocycles. The summed E-state index contributed by atoms with van der Waals surface area (Å²) in [7, 11) is 0. The molecule has 0 spiro atoms. The molecule has 2 N–H and O–H groups in total. The zero-order valence-electron chi connectivity index (χ0n) is 11.2. The van der Waals surface area contributed by atoms with Crippen LogP contribution in [-0.4, -0.2) is 14.6 Å². The maximum absolute atomic E-state index is 12.4. The molecule has 114 valence electrons. The van der Waals surface area contributed by atoms with Gasteiger partial charge in [0, 0.05) is 0 Å². The summed E-state index contributed by atoms with van der Waals surface area (Å²) in [5.41, 5.74) is 6.07. The summed E-state index contributed by atoms with van der Waals surface area (Å²) < 4.78 is 44.2. The topological polar surface area (TPSA) is 65.4 Å². The van der Waals surface area contributed by atoms with Crippen LogP contribution in [0, 0.1) is 0 Å². The maximum Gasteiger partial charge on any atom is 0.416 e. The van der Waals surface area contributed by atoms with E-state index >= 15 is 0 Å². The van der Waals surface area contributed by atoms with Gasteiger partial charge in [-0.3, -0.25) is 0 Å². The van der Waals surface area contributed by atoms with E-state index in [2.05, 4.69) is 10.1 Å². The van der Waals surface area contributed by atoms with Crippen LogP contribution >= 0.6 is 0 Å². The van der Waals surface area contributed by atoms with E-state index in [9.17, 15) is 13.2 Å². The molecule has 0 saturated heterocycles. The van der Waals surface area contributed by atoms with Crippen molar-refractivity contribution >= 4 is 11.3 Å². The zero-order valence-corrected chi connectivity index (χ0v) is 11.2. The normalized spacial score (nSPS) is 11.8. The Balaban J connectivity index is 1.71. The van der Waals surface area contributed by atoms with E-state index in [4.69, 9.17) is 10.5 Å². The Labute approximate surface area is 123 Å². The highest BCUT2D eigenvalue weighted by atomic mass is 19.4. The van der Waals surface area contributed by atoms with Crippen LogP contribution in [-0.2, 0) is 12.8 Å². The number of rotatable bonds is 3. The highest BCUT2D eigenvalue weighted by Crippen LogP contribution is 2.30. The number of fused-ring (bicyclic) bond motifs is 1. The van der Waals surface area contributed by atoms with Crippen molar-refractivity contribution in [3.8, 4) is 5.75 Å². The second-order valence-corrected chi connectivity index (χ2v) is 4.60. The van der Waals surface area contributed by atoms with Crippen molar-refractivity contribution in [3.05, 3.63) is 54.0 Å². The molecule has 22 heavy (non-hydrogen) atoms. The number of benzene rings is 1. The smallest absolute Gasteiger partial charge is 0.416 e. The molecule has 8 heteroatoms. The van der Waals surface area contributed by atoms with Crippen LogP contribution < -0.4 is 10.5 Å². The maximum atomic E-state index is 12.4. The van der Waals surface area contributed by atoms with E-state index in [-0.39, 0.29) is 6.61 Å². The molecule has 1 aromatic carbocycles. The summed E-state index contributed by atoms with van der Waals surface area (Å²) in [5.74, 6) is 0.719. The molecular formula is C14H11F3N4O. The number of halogens is 3. The number of aromatic nitrogens is 3. The molecule has 0 aliphatic rings. The van der Waals surface area contributed by atoms with Crippen LogP contribution in [0.3, 0.4) is 0 Å². The fourth-order valence-corrected chi connectivity index (χ4v) is 1.89. The second kappa shape index (κ2) is 5.21. The molecule has 0 bridgehead atoms. The van der Waals surface area contributed by atoms with Gasteiger partial charge in [-0.15, -0.1) is 5.10 Å². The van der Waals surface area contributed by atoms with Crippen molar-refractivity contribution in [1.29, 1.82) is 0 Å². The fraction of sp³-hybridized carbons (Fsp3) is 0.143. The largest absolute Gasteiger partial charge is 0.486 e. The first-order valence-electron chi connectivity index (χ1n) is 6.33. The minimum atomic E-state index is -4.36. The first-order valence-corrected chi connectivity index (χ1v) is 6.33. The number of nitrogens with two attached hydrogens (primary N) is 1. The Morgan fingerprint density at radius 1 is 1.09 bits per heavy atom. The minimum absolute atomic E-state index is 0.0486. The van der Waals surface area contributed by atoms with Crippen molar-refractivity contribution in [2.45, 2.75) is 12.8 Å². The van der Waals surface area contributed by atoms with Gasteiger partial charge in [0.15, 0.2) is 11.5 Å². The molecule has 0 radical (unpaired) electrons. The van der Waals surface area contributed by atoms with Gasteiger partial charge in [0.25, 0.3) is 0 Å². The molecule has 3 aromatic rings. The third-order valence-corrected chi connectivity index (χ3v) is 2.95. The Morgan fingerprint density at radius 3 is 2.50 bits per heavy atom. The van der Waals surface area contributed by atoms with Crippen LogP contribution in [0.25, 0.3) is 5.65 Å². The van der Waals surface area contributed by atoms with Gasteiger partial charge in [-0.25, -0.2) is 9.50 Å². The molecule has 0 amide bonds. The number of nitrogens with zero attached hydrogens (tertiary/aromatic N) is 3. The highest BCUT2D eigenvalue weighted by Gasteiger charge is 2.30. The quantitative estimate of drug-likeness (QED) is 0.808. The molecule has 0 aliphatic carbocycles. The van der Waals surface area contributed by atoms with E-state index in [0.29, 0.717) is 22.9 Å². The van der Waals surface area contributed by atoms with Gasteiger partial charge in [0.2, 0.25) is 0 Å². The minimum Gasteiger partial charge on any atom is -0.486 e. The SMILES string of the molecule is Nc1ccc2nc(COc3ccc(C(F)(F)F)cc3)nn2c1. The lowest BCUT2D eigenvalue weighted by atomic mass is 10.2. The zero-order chi connectivity index (χ0) is 15.7. The summed E-state index contributed by atoms with van der Waals surface area (Å²) in [6, 6.07) is 7.86. The lowest BCUT2D eigenvalue weighted by molar-refractivity contribution is -0.137. The second-order valence-electron chi connectivity index (χ2n) is 4.60. The van der Waals surface area contributed by atoms with E-state index in [1.165, 1.54) is 16.6 Å². The van der Waals surface area contributed by atoms with Gasteiger partial charge >= 0.3 is 6.18 Å². The average molecular weight is 308 g/mol. The third-order valence-electron chi connectivity index (χ3n) is 2.95. The van der Waals surface area contributed by atoms with Crippen LogP contribution in [0.1, 0.15) is 11.4 Å². The fourth-order valence-electron chi connectivity index (χ4n) is 1.89. The van der Waals surface area contributed by atoms with Gasteiger partial charge in [0.05, 0.1) is 17.4 Å². The Bertz CT molecular complexity index is 796. The van der Waals surface area contributed by atoms with E-state index < -0.39 is 11.7 Å². The first kappa shape index (κ1) is 14.2. The van der Waals surface area contributed by atoms with Gasteiger partial charge < -0.3 is 10.5 Å². The summed E-state index contributed by atoms with van der Waals surface area (Å²) in [4.78, 5) is 4.22. The molecule has 0 saturated carbocycles. The lowest BCUT2D eigenvalue weighted by Gasteiger charge is -2.08. The number of anilines is 1. The van der Waals surface area contributed by atoms with Crippen LogP contribution in [0.15, 0.2) is 42.6 Å². The van der Waals surface area contributed by atoms with E-state index in [1.807, 2.05) is 0 Å². The Hall–Kier alpha value is -2.77. The number of alkyl halides is 3. The molecule has 5 nitrogen and oxygen atoms in total. The van der Waals surface area contributed by atoms with Gasteiger partial charge in [-0.2, -0.15) is 13.2 Å². The summed E-state index contributed by atoms with van der Waals surface area (Å²) >= 11 is 0. The predicted molar refractivity (Wildman–Crippen MR) is 73.2 cm³/mol. The van der Waals surface area contributed by atoms with Crippen LogP contribution in [0.5, 0.6) is 5.75 Å². The molecule has 2 heterocycles. The van der Waals surface area contributed by atoms with Gasteiger partial charge in [-0.05, 0) is 36.4 Å². The summed E-state index contributed by atoms with van der Waals surface area (Å²) in [6.45, 7) is 0.0486. The third kappa shape index (κ3) is 2.95. The Morgan fingerprint density at radius 2 is 1.82 bits per heavy atom. The number of ether oxygens (including phenoxy) is 1. The lowest BCUT2D eigenvalue weighted by Crippen LogP contribution is -2.04. The molecule has 3 rings (SSSR count). The highest BCUT2D eigenvalue weighted by molar-refractivity contribution is 5.46. The Kier molecular flexibility index (Phi) is 3.36. The van der Waals surface area contributed by atoms with Crippen molar-refractivity contribution < 1.29 is 17.9 Å².